The number of carbonyl (C=O) groups excluding carboxylic acids is 1. The van der Waals surface area contributed by atoms with Gasteiger partial charge in [-0.2, -0.15) is 0 Å². The molecular weight excluding hydrogens is 302 g/mol. The van der Waals surface area contributed by atoms with Crippen LogP contribution in [0, 0.1) is 5.92 Å². The minimum Gasteiger partial charge on any atom is -0.394 e. The van der Waals surface area contributed by atoms with Crippen molar-refractivity contribution in [2.75, 3.05) is 20.2 Å². The van der Waals surface area contributed by atoms with E-state index in [2.05, 4.69) is 46.6 Å². The van der Waals surface area contributed by atoms with Gasteiger partial charge in [-0.25, -0.2) is 0 Å². The minimum atomic E-state index is -0.188. The maximum atomic E-state index is 12.6. The Morgan fingerprint density at radius 1 is 1.50 bits per heavy atom. The molecule has 1 saturated heterocycles. The molecule has 5 heteroatoms. The molecule has 128 valence electrons. The quantitative estimate of drug-likeness (QED) is 0.802. The number of hydrogen-bond donors (Lipinski definition) is 3. The highest BCUT2D eigenvalue weighted by Crippen LogP contribution is 2.44. The van der Waals surface area contributed by atoms with Gasteiger partial charge in [-0.1, -0.05) is 12.1 Å². The summed E-state index contributed by atoms with van der Waals surface area (Å²) in [6.45, 7) is 2.59. The van der Waals surface area contributed by atoms with Crippen LogP contribution in [0.1, 0.15) is 30.4 Å². The molecule has 0 spiro atoms. The van der Waals surface area contributed by atoms with Crippen LogP contribution in [0.2, 0.25) is 0 Å². The number of amides is 1. The topological polar surface area (TPSA) is 68.4 Å². The maximum absolute atomic E-state index is 12.6. The van der Waals surface area contributed by atoms with Gasteiger partial charge in [0.05, 0.1) is 12.5 Å². The molecule has 0 saturated carbocycles. The summed E-state index contributed by atoms with van der Waals surface area (Å²) in [7, 11) is 2.13. The highest BCUT2D eigenvalue weighted by molar-refractivity contribution is 5.88. The highest BCUT2D eigenvalue weighted by atomic mass is 16.3. The zero-order valence-electron chi connectivity index (χ0n) is 14.2. The number of aliphatic hydroxyl groups is 1. The van der Waals surface area contributed by atoms with Crippen molar-refractivity contribution in [2.45, 2.75) is 37.8 Å². The third kappa shape index (κ3) is 2.43. The first kappa shape index (κ1) is 15.7. The number of fused-ring (bicyclic) bond motifs is 2. The lowest BCUT2D eigenvalue weighted by Gasteiger charge is -2.45. The molecule has 2 aromatic rings. The third-order valence-electron chi connectivity index (χ3n) is 5.76. The lowest BCUT2D eigenvalue weighted by atomic mass is 9.72. The molecule has 1 fully saturated rings. The van der Waals surface area contributed by atoms with E-state index in [1.807, 2.05) is 6.92 Å². The lowest BCUT2D eigenvalue weighted by Crippen LogP contribution is -2.52. The van der Waals surface area contributed by atoms with Crippen LogP contribution >= 0.6 is 0 Å². The van der Waals surface area contributed by atoms with Crippen LogP contribution in [-0.4, -0.2) is 53.2 Å². The van der Waals surface area contributed by atoms with Crippen LogP contribution in [0.25, 0.3) is 10.9 Å². The normalized spacial score (nSPS) is 27.7. The third-order valence-corrected chi connectivity index (χ3v) is 5.76. The average molecular weight is 327 g/mol. The van der Waals surface area contributed by atoms with Crippen molar-refractivity contribution in [1.29, 1.82) is 0 Å². The molecule has 3 N–H and O–H groups in total. The second kappa shape index (κ2) is 5.90. The van der Waals surface area contributed by atoms with E-state index < -0.39 is 0 Å². The van der Waals surface area contributed by atoms with Gasteiger partial charge < -0.3 is 20.3 Å². The average Bonchev–Trinajstić information content (AvgIpc) is 3.00. The van der Waals surface area contributed by atoms with Crippen LogP contribution < -0.4 is 5.32 Å². The van der Waals surface area contributed by atoms with E-state index in [4.69, 9.17) is 0 Å². The fourth-order valence-corrected chi connectivity index (χ4v) is 4.54. The number of aliphatic hydroxyl groups excluding tert-OH is 1. The molecule has 24 heavy (non-hydrogen) atoms. The number of rotatable bonds is 3. The molecule has 1 aromatic carbocycles. The van der Waals surface area contributed by atoms with E-state index in [9.17, 15) is 9.90 Å². The molecule has 0 unspecified atom stereocenters. The molecule has 1 aliphatic carbocycles. The second-order valence-electron chi connectivity index (χ2n) is 7.43. The summed E-state index contributed by atoms with van der Waals surface area (Å²) in [6, 6.07) is 6.73. The number of aromatic nitrogens is 1. The van der Waals surface area contributed by atoms with E-state index in [0.29, 0.717) is 12.0 Å². The summed E-state index contributed by atoms with van der Waals surface area (Å²) in [6.07, 6.45) is 4.06. The molecule has 1 aliphatic heterocycles. The summed E-state index contributed by atoms with van der Waals surface area (Å²) in [5, 5.41) is 13.5. The van der Waals surface area contributed by atoms with Crippen LogP contribution in [-0.2, 0) is 11.2 Å². The number of benzene rings is 1. The highest BCUT2D eigenvalue weighted by Gasteiger charge is 2.41. The summed E-state index contributed by atoms with van der Waals surface area (Å²) < 4.78 is 0. The predicted octanol–water partition coefficient (Wildman–Crippen LogP) is 1.62. The largest absolute Gasteiger partial charge is 0.394 e. The number of hydrogen-bond acceptors (Lipinski definition) is 3. The standard InChI is InChI=1S/C19H25N3O2/c1-11(10-23)21-19(24)13-6-15-14-4-3-5-16-18(14)12(8-20-16)7-17(15)22(2)9-13/h3-5,8,11,13,15,17,20,23H,6-7,9-10H2,1-2H3,(H,21,24)/t11-,13-,15+,17+/m1/s1. The van der Waals surface area contributed by atoms with Gasteiger partial charge in [-0.3, -0.25) is 4.79 Å². The van der Waals surface area contributed by atoms with Crippen molar-refractivity contribution in [3.05, 3.63) is 35.5 Å². The van der Waals surface area contributed by atoms with Crippen molar-refractivity contribution >= 4 is 16.8 Å². The summed E-state index contributed by atoms with van der Waals surface area (Å²) >= 11 is 0. The van der Waals surface area contributed by atoms with Gasteiger partial charge in [-0.15, -0.1) is 0 Å². The lowest BCUT2D eigenvalue weighted by molar-refractivity contribution is -0.128. The molecule has 5 nitrogen and oxygen atoms in total. The smallest absolute Gasteiger partial charge is 0.224 e. The molecule has 0 radical (unpaired) electrons. The Hall–Kier alpha value is -1.85. The number of carbonyl (C=O) groups is 1. The maximum Gasteiger partial charge on any atom is 0.224 e. The number of likely N-dealkylation sites (N-methyl/N-ethyl adjacent to an activating group) is 1. The van der Waals surface area contributed by atoms with Crippen molar-refractivity contribution in [2.24, 2.45) is 5.92 Å². The Labute approximate surface area is 142 Å². The summed E-state index contributed by atoms with van der Waals surface area (Å²) in [5.74, 6) is 0.422. The predicted molar refractivity (Wildman–Crippen MR) is 94.0 cm³/mol. The first-order valence-electron chi connectivity index (χ1n) is 8.78. The molecule has 2 aliphatic rings. The molecule has 1 aromatic heterocycles. The first-order valence-corrected chi connectivity index (χ1v) is 8.78. The molecule has 4 rings (SSSR count). The fourth-order valence-electron chi connectivity index (χ4n) is 4.54. The molecular formula is C19H25N3O2. The molecule has 2 heterocycles. The van der Waals surface area contributed by atoms with Gasteiger partial charge in [-0.05, 0) is 44.0 Å². The minimum absolute atomic E-state index is 0.0215. The van der Waals surface area contributed by atoms with Crippen LogP contribution in [0.5, 0.6) is 0 Å². The Morgan fingerprint density at radius 2 is 2.33 bits per heavy atom. The zero-order chi connectivity index (χ0) is 16.8. The van der Waals surface area contributed by atoms with Gasteiger partial charge in [0.25, 0.3) is 0 Å². The molecule has 1 amide bonds. The van der Waals surface area contributed by atoms with Crippen LogP contribution in [0.4, 0.5) is 0 Å². The number of aromatic amines is 1. The summed E-state index contributed by atoms with van der Waals surface area (Å²) in [5.41, 5.74) is 3.97. The SMILES string of the molecule is C[C@H](CO)NC(=O)[C@@H]1C[C@H]2c3cccc4[nH]cc(c34)C[C@@H]2N(C)C1. The van der Waals surface area contributed by atoms with Gasteiger partial charge >= 0.3 is 0 Å². The van der Waals surface area contributed by atoms with E-state index in [-0.39, 0.29) is 24.5 Å². The fraction of sp³-hybridized carbons (Fsp3) is 0.526. The number of H-pyrrole nitrogens is 1. The van der Waals surface area contributed by atoms with Crippen LogP contribution in [0.3, 0.4) is 0 Å². The van der Waals surface area contributed by atoms with Crippen molar-refractivity contribution in [3.8, 4) is 0 Å². The van der Waals surface area contributed by atoms with E-state index >= 15 is 0 Å². The van der Waals surface area contributed by atoms with E-state index in [0.717, 1.165) is 19.4 Å². The second-order valence-corrected chi connectivity index (χ2v) is 7.43. The Morgan fingerprint density at radius 3 is 3.12 bits per heavy atom. The monoisotopic (exact) mass is 327 g/mol. The summed E-state index contributed by atoms with van der Waals surface area (Å²) in [4.78, 5) is 18.3. The van der Waals surface area contributed by atoms with Gasteiger partial charge in [0.2, 0.25) is 5.91 Å². The number of nitrogens with zero attached hydrogens (tertiary/aromatic N) is 1. The number of likely N-dealkylation sites (tertiary alicyclic amines) is 1. The van der Waals surface area contributed by atoms with Gasteiger partial charge in [0, 0.05) is 41.6 Å². The van der Waals surface area contributed by atoms with E-state index in [1.54, 1.807) is 0 Å². The Balaban J connectivity index is 1.65. The number of piperidine rings is 1. The van der Waals surface area contributed by atoms with Gasteiger partial charge in [0.15, 0.2) is 0 Å². The van der Waals surface area contributed by atoms with Crippen LogP contribution in [0.15, 0.2) is 24.4 Å². The molecule has 4 atom stereocenters. The van der Waals surface area contributed by atoms with Crippen molar-refractivity contribution in [3.63, 3.8) is 0 Å². The Kier molecular flexibility index (Phi) is 3.85. The zero-order valence-corrected chi connectivity index (χ0v) is 14.2. The van der Waals surface area contributed by atoms with Crippen molar-refractivity contribution in [1.82, 2.24) is 15.2 Å². The number of nitrogens with one attached hydrogen (secondary N) is 2. The van der Waals surface area contributed by atoms with Gasteiger partial charge in [0.1, 0.15) is 0 Å². The van der Waals surface area contributed by atoms with E-state index in [1.165, 1.54) is 22.0 Å². The first-order chi connectivity index (χ1) is 11.6. The Bertz CT molecular complexity index is 769. The molecule has 0 bridgehead atoms. The van der Waals surface area contributed by atoms with Crippen molar-refractivity contribution < 1.29 is 9.90 Å².